The summed E-state index contributed by atoms with van der Waals surface area (Å²) in [5.41, 5.74) is 1.87. The van der Waals surface area contributed by atoms with E-state index in [0.29, 0.717) is 6.61 Å². The molecule has 0 amide bonds. The Labute approximate surface area is 123 Å². The van der Waals surface area contributed by atoms with Crippen molar-refractivity contribution in [2.45, 2.75) is 6.61 Å². The van der Waals surface area contributed by atoms with E-state index in [1.54, 1.807) is 24.5 Å². The predicted octanol–water partition coefficient (Wildman–Crippen LogP) is 2.21. The summed E-state index contributed by atoms with van der Waals surface area (Å²) >= 11 is 0. The fraction of sp³-hybridized carbons (Fsp3) is 0.312. The van der Waals surface area contributed by atoms with E-state index in [9.17, 15) is 4.39 Å². The molecule has 1 saturated heterocycles. The zero-order valence-electron chi connectivity index (χ0n) is 11.8. The van der Waals surface area contributed by atoms with E-state index in [1.165, 1.54) is 6.07 Å². The van der Waals surface area contributed by atoms with Gasteiger partial charge in [-0.25, -0.2) is 4.39 Å². The smallest absolute Gasteiger partial charge is 0.143 e. The zero-order chi connectivity index (χ0) is 14.5. The average molecular weight is 287 g/mol. The summed E-state index contributed by atoms with van der Waals surface area (Å²) in [5, 5.41) is 3.29. The van der Waals surface area contributed by atoms with Crippen molar-refractivity contribution < 1.29 is 9.13 Å². The first kappa shape index (κ1) is 13.8. The van der Waals surface area contributed by atoms with Crippen molar-refractivity contribution in [3.8, 4) is 5.75 Å². The largest absolute Gasteiger partial charge is 0.487 e. The van der Waals surface area contributed by atoms with Crippen LogP contribution in [0.2, 0.25) is 0 Å². The molecule has 0 aliphatic carbocycles. The number of pyridine rings is 1. The first-order chi connectivity index (χ1) is 10.3. The van der Waals surface area contributed by atoms with Crippen molar-refractivity contribution in [3.63, 3.8) is 0 Å². The number of nitrogens with one attached hydrogen (secondary N) is 1. The highest BCUT2D eigenvalue weighted by molar-refractivity contribution is 5.59. The minimum atomic E-state index is -0.236. The summed E-state index contributed by atoms with van der Waals surface area (Å²) in [6, 6.07) is 8.51. The number of hydrogen-bond donors (Lipinski definition) is 1. The van der Waals surface area contributed by atoms with Gasteiger partial charge < -0.3 is 15.0 Å². The second-order valence-electron chi connectivity index (χ2n) is 4.99. The van der Waals surface area contributed by atoms with E-state index in [4.69, 9.17) is 4.74 Å². The van der Waals surface area contributed by atoms with E-state index in [-0.39, 0.29) is 5.82 Å². The maximum absolute atomic E-state index is 13.6. The minimum Gasteiger partial charge on any atom is -0.487 e. The maximum atomic E-state index is 13.6. The van der Waals surface area contributed by atoms with Crippen LogP contribution in [0.1, 0.15) is 5.56 Å². The molecule has 2 aromatic rings. The number of halogens is 1. The molecule has 2 heterocycles. The van der Waals surface area contributed by atoms with E-state index in [0.717, 1.165) is 43.2 Å². The molecule has 0 atom stereocenters. The van der Waals surface area contributed by atoms with Crippen molar-refractivity contribution >= 4 is 5.69 Å². The van der Waals surface area contributed by atoms with Gasteiger partial charge in [-0.15, -0.1) is 0 Å². The molecule has 1 fully saturated rings. The van der Waals surface area contributed by atoms with Crippen LogP contribution >= 0.6 is 0 Å². The minimum absolute atomic E-state index is 0.236. The Morgan fingerprint density at radius 3 is 2.67 bits per heavy atom. The Morgan fingerprint density at radius 2 is 1.90 bits per heavy atom. The van der Waals surface area contributed by atoms with E-state index in [2.05, 4.69) is 15.2 Å². The fourth-order valence-corrected chi connectivity index (χ4v) is 2.41. The van der Waals surface area contributed by atoms with Crippen molar-refractivity contribution in [2.75, 3.05) is 31.1 Å². The fourth-order valence-electron chi connectivity index (χ4n) is 2.41. The average Bonchev–Trinajstić information content (AvgIpc) is 2.55. The third-order valence-electron chi connectivity index (χ3n) is 3.52. The first-order valence-corrected chi connectivity index (χ1v) is 7.10. The number of piperazine rings is 1. The first-order valence-electron chi connectivity index (χ1n) is 7.10. The number of hydrogen-bond acceptors (Lipinski definition) is 4. The summed E-state index contributed by atoms with van der Waals surface area (Å²) in [6.45, 7) is 3.97. The Morgan fingerprint density at radius 1 is 1.14 bits per heavy atom. The lowest BCUT2D eigenvalue weighted by Crippen LogP contribution is -2.43. The van der Waals surface area contributed by atoms with Crippen LogP contribution in [-0.2, 0) is 6.61 Å². The van der Waals surface area contributed by atoms with Gasteiger partial charge in [0.1, 0.15) is 18.2 Å². The lowest BCUT2D eigenvalue weighted by atomic mass is 10.2. The zero-order valence-corrected chi connectivity index (χ0v) is 11.8. The van der Waals surface area contributed by atoms with Gasteiger partial charge in [0.05, 0.1) is 5.69 Å². The Kier molecular flexibility index (Phi) is 4.31. The molecule has 4 nitrogen and oxygen atoms in total. The standard InChI is InChI=1S/C16H18FN3O/c17-14-1-2-16(21-12-13-3-5-18-6-4-13)15(11-14)20-9-7-19-8-10-20/h1-6,11,19H,7-10,12H2. The van der Waals surface area contributed by atoms with Crippen molar-refractivity contribution in [2.24, 2.45) is 0 Å². The molecular weight excluding hydrogens is 269 g/mol. The molecule has 1 aromatic heterocycles. The summed E-state index contributed by atoms with van der Waals surface area (Å²) < 4.78 is 19.4. The molecule has 1 aliphatic rings. The molecule has 110 valence electrons. The van der Waals surface area contributed by atoms with Crippen LogP contribution < -0.4 is 15.0 Å². The molecule has 0 saturated carbocycles. The van der Waals surface area contributed by atoms with Crippen LogP contribution in [0.4, 0.5) is 10.1 Å². The van der Waals surface area contributed by atoms with Crippen LogP contribution in [0, 0.1) is 5.82 Å². The van der Waals surface area contributed by atoms with Crippen LogP contribution in [-0.4, -0.2) is 31.2 Å². The number of aromatic nitrogens is 1. The number of nitrogens with zero attached hydrogens (tertiary/aromatic N) is 2. The molecule has 0 radical (unpaired) electrons. The maximum Gasteiger partial charge on any atom is 0.143 e. The van der Waals surface area contributed by atoms with E-state index >= 15 is 0 Å². The van der Waals surface area contributed by atoms with Gasteiger partial charge in [-0.3, -0.25) is 4.98 Å². The van der Waals surface area contributed by atoms with Gasteiger partial charge in [0, 0.05) is 44.6 Å². The lowest BCUT2D eigenvalue weighted by molar-refractivity contribution is 0.305. The molecule has 0 spiro atoms. The molecule has 0 bridgehead atoms. The molecule has 1 aromatic carbocycles. The quantitative estimate of drug-likeness (QED) is 0.935. The number of rotatable bonds is 4. The van der Waals surface area contributed by atoms with Crippen molar-refractivity contribution in [3.05, 3.63) is 54.1 Å². The number of anilines is 1. The molecule has 21 heavy (non-hydrogen) atoms. The SMILES string of the molecule is Fc1ccc(OCc2ccncc2)c(N2CCNCC2)c1. The Hall–Kier alpha value is -2.14. The number of ether oxygens (including phenoxy) is 1. The normalized spacial score (nSPS) is 15.0. The topological polar surface area (TPSA) is 37.4 Å². The van der Waals surface area contributed by atoms with Gasteiger partial charge >= 0.3 is 0 Å². The molecule has 1 aliphatic heterocycles. The van der Waals surface area contributed by atoms with Crippen LogP contribution in [0.5, 0.6) is 5.75 Å². The summed E-state index contributed by atoms with van der Waals surface area (Å²) in [5.74, 6) is 0.481. The van der Waals surface area contributed by atoms with Gasteiger partial charge in [-0.2, -0.15) is 0 Å². The molecular formula is C16H18FN3O. The highest BCUT2D eigenvalue weighted by atomic mass is 19.1. The Bertz CT molecular complexity index is 585. The predicted molar refractivity (Wildman–Crippen MR) is 80.1 cm³/mol. The highest BCUT2D eigenvalue weighted by Gasteiger charge is 2.16. The van der Waals surface area contributed by atoms with E-state index in [1.807, 2.05) is 12.1 Å². The third-order valence-corrected chi connectivity index (χ3v) is 3.52. The van der Waals surface area contributed by atoms with Crippen LogP contribution in [0.15, 0.2) is 42.7 Å². The summed E-state index contributed by atoms with van der Waals surface area (Å²) in [7, 11) is 0. The van der Waals surface area contributed by atoms with Gasteiger partial charge in [0.2, 0.25) is 0 Å². The van der Waals surface area contributed by atoms with Crippen molar-refractivity contribution in [1.82, 2.24) is 10.3 Å². The third kappa shape index (κ3) is 3.49. The second kappa shape index (κ2) is 6.54. The lowest BCUT2D eigenvalue weighted by Gasteiger charge is -2.30. The van der Waals surface area contributed by atoms with Gasteiger partial charge in [0.25, 0.3) is 0 Å². The molecule has 5 heteroatoms. The Balaban J connectivity index is 1.77. The summed E-state index contributed by atoms with van der Waals surface area (Å²) in [6.07, 6.45) is 3.47. The second-order valence-corrected chi connectivity index (χ2v) is 4.99. The van der Waals surface area contributed by atoms with Gasteiger partial charge in [-0.05, 0) is 29.8 Å². The molecule has 0 unspecified atom stereocenters. The monoisotopic (exact) mass is 287 g/mol. The number of benzene rings is 1. The van der Waals surface area contributed by atoms with Gasteiger partial charge in [0.15, 0.2) is 0 Å². The van der Waals surface area contributed by atoms with Crippen molar-refractivity contribution in [1.29, 1.82) is 0 Å². The molecule has 1 N–H and O–H groups in total. The van der Waals surface area contributed by atoms with Crippen LogP contribution in [0.25, 0.3) is 0 Å². The molecule has 3 rings (SSSR count). The highest BCUT2D eigenvalue weighted by Crippen LogP contribution is 2.30. The van der Waals surface area contributed by atoms with E-state index < -0.39 is 0 Å². The summed E-state index contributed by atoms with van der Waals surface area (Å²) in [4.78, 5) is 6.14. The van der Waals surface area contributed by atoms with Gasteiger partial charge in [-0.1, -0.05) is 0 Å². The van der Waals surface area contributed by atoms with Crippen LogP contribution in [0.3, 0.4) is 0 Å².